The Morgan fingerprint density at radius 1 is 1.14 bits per heavy atom. The zero-order valence-corrected chi connectivity index (χ0v) is 10.9. The van der Waals surface area contributed by atoms with Crippen molar-refractivity contribution in [1.82, 2.24) is 0 Å². The summed E-state index contributed by atoms with van der Waals surface area (Å²) in [4.78, 5) is 21.6. The fraction of sp³-hybridized carbons (Fsp3) is 0.0714. The van der Waals surface area contributed by atoms with Gasteiger partial charge in [-0.15, -0.1) is 0 Å². The summed E-state index contributed by atoms with van der Waals surface area (Å²) in [5.74, 6) is 0.0932. The standard InChI is InChI=1S/C14H12N2O5/c17-12-5-1-10(2-6-12)15-14(18)9-21-13-7-3-11(4-8-13)16(19)20/h1-8,17H,9H2,(H,15,18). The van der Waals surface area contributed by atoms with Gasteiger partial charge in [-0.25, -0.2) is 0 Å². The molecule has 2 rings (SSSR count). The highest BCUT2D eigenvalue weighted by Gasteiger charge is 2.07. The van der Waals surface area contributed by atoms with Crippen molar-refractivity contribution in [3.05, 3.63) is 58.6 Å². The van der Waals surface area contributed by atoms with E-state index in [9.17, 15) is 14.9 Å². The number of ether oxygens (including phenoxy) is 1. The third-order valence-corrected chi connectivity index (χ3v) is 2.57. The van der Waals surface area contributed by atoms with Crippen molar-refractivity contribution in [2.24, 2.45) is 0 Å². The van der Waals surface area contributed by atoms with Crippen LogP contribution < -0.4 is 10.1 Å². The smallest absolute Gasteiger partial charge is 0.269 e. The average Bonchev–Trinajstić information content (AvgIpc) is 2.48. The Morgan fingerprint density at radius 3 is 2.33 bits per heavy atom. The molecule has 1 amide bonds. The number of carbonyl (C=O) groups excluding carboxylic acids is 1. The molecule has 2 aromatic carbocycles. The quantitative estimate of drug-likeness (QED) is 0.499. The lowest BCUT2D eigenvalue weighted by Gasteiger charge is -2.07. The molecule has 2 aromatic rings. The molecule has 0 spiro atoms. The second-order valence-corrected chi connectivity index (χ2v) is 4.13. The zero-order valence-electron chi connectivity index (χ0n) is 10.9. The van der Waals surface area contributed by atoms with Crippen LogP contribution in [-0.4, -0.2) is 22.5 Å². The minimum Gasteiger partial charge on any atom is -0.508 e. The molecule has 21 heavy (non-hydrogen) atoms. The van der Waals surface area contributed by atoms with Crippen LogP contribution in [0.1, 0.15) is 0 Å². The van der Waals surface area contributed by atoms with E-state index in [0.717, 1.165) is 0 Å². The number of hydrogen-bond donors (Lipinski definition) is 2. The lowest BCUT2D eigenvalue weighted by atomic mass is 10.3. The molecule has 0 heterocycles. The summed E-state index contributed by atoms with van der Waals surface area (Å²) in [6.07, 6.45) is 0. The number of benzene rings is 2. The van der Waals surface area contributed by atoms with Crippen molar-refractivity contribution in [3.8, 4) is 11.5 Å². The second-order valence-electron chi connectivity index (χ2n) is 4.13. The molecule has 7 heteroatoms. The van der Waals surface area contributed by atoms with Crippen LogP contribution in [0.15, 0.2) is 48.5 Å². The second kappa shape index (κ2) is 6.38. The van der Waals surface area contributed by atoms with Gasteiger partial charge in [0.05, 0.1) is 4.92 Å². The van der Waals surface area contributed by atoms with Crippen LogP contribution in [0.4, 0.5) is 11.4 Å². The number of nitro groups is 1. The minimum atomic E-state index is -0.513. The molecule has 0 radical (unpaired) electrons. The van der Waals surface area contributed by atoms with Gasteiger partial charge in [0.2, 0.25) is 0 Å². The van der Waals surface area contributed by atoms with Crippen LogP contribution in [0.3, 0.4) is 0 Å². The Bertz CT molecular complexity index is 637. The van der Waals surface area contributed by atoms with E-state index in [1.807, 2.05) is 0 Å². The molecule has 0 bridgehead atoms. The summed E-state index contributed by atoms with van der Waals surface area (Å²) < 4.78 is 5.21. The van der Waals surface area contributed by atoms with E-state index in [-0.39, 0.29) is 24.0 Å². The first kappa shape index (κ1) is 14.3. The van der Waals surface area contributed by atoms with Crippen molar-refractivity contribution in [2.45, 2.75) is 0 Å². The number of nitrogens with one attached hydrogen (secondary N) is 1. The molecule has 0 aliphatic heterocycles. The number of rotatable bonds is 5. The van der Waals surface area contributed by atoms with E-state index < -0.39 is 4.92 Å². The molecular weight excluding hydrogens is 276 g/mol. The predicted molar refractivity (Wildman–Crippen MR) is 75.3 cm³/mol. The molecule has 0 aliphatic carbocycles. The molecule has 0 fully saturated rings. The van der Waals surface area contributed by atoms with Crippen molar-refractivity contribution in [2.75, 3.05) is 11.9 Å². The van der Waals surface area contributed by atoms with E-state index in [4.69, 9.17) is 9.84 Å². The first-order chi connectivity index (χ1) is 10.0. The molecule has 0 saturated heterocycles. The van der Waals surface area contributed by atoms with Crippen molar-refractivity contribution in [1.29, 1.82) is 0 Å². The van der Waals surface area contributed by atoms with Crippen molar-refractivity contribution in [3.63, 3.8) is 0 Å². The number of non-ortho nitro benzene ring substituents is 1. The third kappa shape index (κ3) is 4.20. The van der Waals surface area contributed by atoms with Crippen molar-refractivity contribution < 1.29 is 19.6 Å². The first-order valence-electron chi connectivity index (χ1n) is 6.01. The SMILES string of the molecule is O=C(COc1ccc([N+](=O)[O-])cc1)Nc1ccc(O)cc1. The lowest BCUT2D eigenvalue weighted by Crippen LogP contribution is -2.20. The maximum absolute atomic E-state index is 11.6. The highest BCUT2D eigenvalue weighted by Crippen LogP contribution is 2.17. The molecule has 0 aromatic heterocycles. The van der Waals surface area contributed by atoms with Crippen LogP contribution in [0.25, 0.3) is 0 Å². The van der Waals surface area contributed by atoms with E-state index in [1.54, 1.807) is 12.1 Å². The summed E-state index contributed by atoms with van der Waals surface area (Å²) in [5, 5.41) is 22.2. The topological polar surface area (TPSA) is 102 Å². The number of phenols is 1. The lowest BCUT2D eigenvalue weighted by molar-refractivity contribution is -0.384. The third-order valence-electron chi connectivity index (χ3n) is 2.57. The van der Waals surface area contributed by atoms with Crippen LogP contribution in [-0.2, 0) is 4.79 Å². The number of carbonyl (C=O) groups is 1. The Balaban J connectivity index is 1.86. The highest BCUT2D eigenvalue weighted by atomic mass is 16.6. The van der Waals surface area contributed by atoms with E-state index in [1.165, 1.54) is 36.4 Å². The number of phenolic OH excluding ortho intramolecular Hbond substituents is 1. The number of anilines is 1. The predicted octanol–water partition coefficient (Wildman–Crippen LogP) is 2.32. The Kier molecular flexibility index (Phi) is 4.35. The summed E-state index contributed by atoms with van der Waals surface area (Å²) in [6, 6.07) is 11.5. The van der Waals surface area contributed by atoms with Gasteiger partial charge in [0.15, 0.2) is 6.61 Å². The monoisotopic (exact) mass is 288 g/mol. The Hall–Kier alpha value is -3.09. The minimum absolute atomic E-state index is 0.0455. The fourth-order valence-corrected chi connectivity index (χ4v) is 1.55. The molecule has 108 valence electrons. The maximum atomic E-state index is 11.6. The van der Waals surface area contributed by atoms with Crippen LogP contribution >= 0.6 is 0 Å². The van der Waals surface area contributed by atoms with Gasteiger partial charge in [-0.05, 0) is 36.4 Å². The average molecular weight is 288 g/mol. The fourth-order valence-electron chi connectivity index (χ4n) is 1.55. The number of nitro benzene ring substituents is 1. The normalized spacial score (nSPS) is 9.90. The number of amides is 1. The molecule has 0 atom stereocenters. The number of hydrogen-bond acceptors (Lipinski definition) is 5. The summed E-state index contributed by atoms with van der Waals surface area (Å²) >= 11 is 0. The van der Waals surface area contributed by atoms with Crippen LogP contribution in [0.2, 0.25) is 0 Å². The van der Waals surface area contributed by atoms with Crippen molar-refractivity contribution >= 4 is 17.3 Å². The van der Waals surface area contributed by atoms with Gasteiger partial charge in [0.25, 0.3) is 11.6 Å². The highest BCUT2D eigenvalue weighted by molar-refractivity contribution is 5.91. The summed E-state index contributed by atoms with van der Waals surface area (Å²) in [5.41, 5.74) is 0.487. The number of nitrogens with zero attached hydrogens (tertiary/aromatic N) is 1. The summed E-state index contributed by atoms with van der Waals surface area (Å²) in [7, 11) is 0. The van der Waals surface area contributed by atoms with E-state index in [0.29, 0.717) is 11.4 Å². The summed E-state index contributed by atoms with van der Waals surface area (Å²) in [6.45, 7) is -0.224. The Labute approximate surface area is 119 Å². The van der Waals surface area contributed by atoms with Crippen LogP contribution in [0.5, 0.6) is 11.5 Å². The van der Waals surface area contributed by atoms with Gasteiger partial charge in [0, 0.05) is 17.8 Å². The van der Waals surface area contributed by atoms with E-state index in [2.05, 4.69) is 5.32 Å². The van der Waals surface area contributed by atoms with E-state index >= 15 is 0 Å². The molecule has 7 nitrogen and oxygen atoms in total. The van der Waals surface area contributed by atoms with Gasteiger partial charge in [-0.2, -0.15) is 0 Å². The zero-order chi connectivity index (χ0) is 15.2. The van der Waals surface area contributed by atoms with Gasteiger partial charge >= 0.3 is 0 Å². The Morgan fingerprint density at radius 2 is 1.76 bits per heavy atom. The molecular formula is C14H12N2O5. The molecule has 0 unspecified atom stereocenters. The molecule has 2 N–H and O–H groups in total. The van der Waals surface area contributed by atoms with Gasteiger partial charge < -0.3 is 15.2 Å². The molecule has 0 saturated carbocycles. The molecule has 0 aliphatic rings. The maximum Gasteiger partial charge on any atom is 0.269 e. The van der Waals surface area contributed by atoms with Gasteiger partial charge in [-0.1, -0.05) is 0 Å². The first-order valence-corrected chi connectivity index (χ1v) is 6.01. The van der Waals surface area contributed by atoms with Gasteiger partial charge in [-0.3, -0.25) is 14.9 Å². The largest absolute Gasteiger partial charge is 0.508 e. The van der Waals surface area contributed by atoms with Crippen LogP contribution in [0, 0.1) is 10.1 Å². The van der Waals surface area contributed by atoms with Gasteiger partial charge in [0.1, 0.15) is 11.5 Å². The number of aromatic hydroxyl groups is 1.